The summed E-state index contributed by atoms with van der Waals surface area (Å²) in [4.78, 5) is 34.7. The molecule has 1 saturated heterocycles. The molecule has 0 saturated carbocycles. The van der Waals surface area contributed by atoms with Gasteiger partial charge >= 0.3 is 6.01 Å². The van der Waals surface area contributed by atoms with Gasteiger partial charge in [-0.05, 0) is 49.2 Å². The lowest BCUT2D eigenvalue weighted by molar-refractivity contribution is -0.122. The van der Waals surface area contributed by atoms with Crippen LogP contribution in [0.4, 0.5) is 15.8 Å². The minimum atomic E-state index is -0.525. The molecule has 2 aromatic carbocycles. The highest BCUT2D eigenvalue weighted by Gasteiger charge is 2.35. The molecule has 0 aliphatic carbocycles. The molecule has 1 aromatic heterocycles. The van der Waals surface area contributed by atoms with Gasteiger partial charge in [-0.1, -0.05) is 18.2 Å². The van der Waals surface area contributed by atoms with Crippen LogP contribution in [0.3, 0.4) is 0 Å². The Morgan fingerprint density at radius 2 is 1.87 bits per heavy atom. The zero-order valence-electron chi connectivity index (χ0n) is 17.1. The van der Waals surface area contributed by atoms with Gasteiger partial charge in [0.25, 0.3) is 0 Å². The van der Waals surface area contributed by atoms with Gasteiger partial charge in [-0.25, -0.2) is 14.4 Å². The molecule has 1 atom stereocenters. The van der Waals surface area contributed by atoms with E-state index in [0.717, 1.165) is 16.8 Å². The molecule has 8 heteroatoms. The van der Waals surface area contributed by atoms with E-state index in [1.807, 2.05) is 32.0 Å². The molecule has 2 amide bonds. The van der Waals surface area contributed by atoms with Gasteiger partial charge in [0, 0.05) is 18.7 Å². The summed E-state index contributed by atoms with van der Waals surface area (Å²) < 4.78 is 19.0. The smallest absolute Gasteiger partial charge is 0.322 e. The van der Waals surface area contributed by atoms with Crippen LogP contribution in [0.15, 0.2) is 54.9 Å². The number of hydrogen-bond acceptors (Lipinski definition) is 5. The Morgan fingerprint density at radius 1 is 1.13 bits per heavy atom. The summed E-state index contributed by atoms with van der Waals surface area (Å²) in [5.41, 5.74) is 3.39. The third kappa shape index (κ3) is 4.53. The standard InChI is InChI=1S/C23H21FN4O3/c1-14-7-8-18(9-15(14)2)28-13-16(10-21(28)29)22(30)27-17-11-25-23(26-12-17)31-20-6-4-3-5-19(20)24/h3-9,11-12,16H,10,13H2,1-2H3,(H,27,30). The number of anilines is 2. The predicted octanol–water partition coefficient (Wildman–Crippen LogP) is 4.02. The molecule has 0 bridgehead atoms. The van der Waals surface area contributed by atoms with Crippen LogP contribution in [0, 0.1) is 25.6 Å². The highest BCUT2D eigenvalue weighted by molar-refractivity contribution is 6.03. The lowest BCUT2D eigenvalue weighted by atomic mass is 10.1. The Bertz CT molecular complexity index is 1130. The average molecular weight is 420 g/mol. The van der Waals surface area contributed by atoms with Crippen molar-refractivity contribution >= 4 is 23.2 Å². The van der Waals surface area contributed by atoms with E-state index in [1.165, 1.54) is 24.5 Å². The number of hydrogen-bond donors (Lipinski definition) is 1. The van der Waals surface area contributed by atoms with Gasteiger partial charge in [0.05, 0.1) is 24.0 Å². The van der Waals surface area contributed by atoms with Crippen LogP contribution in [0.1, 0.15) is 17.5 Å². The fourth-order valence-corrected chi connectivity index (χ4v) is 3.33. The number of aryl methyl sites for hydroxylation is 2. The number of amides is 2. The number of benzene rings is 2. The van der Waals surface area contributed by atoms with E-state index in [4.69, 9.17) is 4.74 Å². The Hall–Kier alpha value is -3.81. The van der Waals surface area contributed by atoms with Crippen molar-refractivity contribution in [3.63, 3.8) is 0 Å². The van der Waals surface area contributed by atoms with Crippen LogP contribution < -0.4 is 15.0 Å². The molecule has 0 radical (unpaired) electrons. The van der Waals surface area contributed by atoms with Crippen LogP contribution in [-0.4, -0.2) is 28.3 Å². The zero-order valence-corrected chi connectivity index (χ0v) is 17.1. The summed E-state index contributed by atoms with van der Waals surface area (Å²) in [6.45, 7) is 4.31. The van der Waals surface area contributed by atoms with Crippen LogP contribution in [0.25, 0.3) is 0 Å². The highest BCUT2D eigenvalue weighted by Crippen LogP contribution is 2.28. The van der Waals surface area contributed by atoms with Crippen LogP contribution in [0.5, 0.6) is 11.8 Å². The van der Waals surface area contributed by atoms with Crippen molar-refractivity contribution in [3.05, 3.63) is 71.8 Å². The minimum absolute atomic E-state index is 0.00943. The second kappa shape index (κ2) is 8.51. The molecule has 0 spiro atoms. The molecular formula is C23H21FN4O3. The molecule has 1 N–H and O–H groups in total. The zero-order chi connectivity index (χ0) is 22.0. The first-order chi connectivity index (χ1) is 14.9. The lowest BCUT2D eigenvalue weighted by Crippen LogP contribution is -2.28. The summed E-state index contributed by atoms with van der Waals surface area (Å²) >= 11 is 0. The van der Waals surface area contributed by atoms with Crippen molar-refractivity contribution in [2.24, 2.45) is 5.92 Å². The van der Waals surface area contributed by atoms with Crippen molar-refractivity contribution in [1.82, 2.24) is 9.97 Å². The Kier molecular flexibility index (Phi) is 5.62. The third-order valence-corrected chi connectivity index (χ3v) is 5.23. The predicted molar refractivity (Wildman–Crippen MR) is 114 cm³/mol. The van der Waals surface area contributed by atoms with Crippen molar-refractivity contribution < 1.29 is 18.7 Å². The van der Waals surface area contributed by atoms with E-state index >= 15 is 0 Å². The molecule has 1 fully saturated rings. The second-order valence-electron chi connectivity index (χ2n) is 7.45. The number of nitrogens with zero attached hydrogens (tertiary/aromatic N) is 3. The van der Waals surface area contributed by atoms with E-state index in [-0.39, 0.29) is 30.0 Å². The fraction of sp³-hybridized carbons (Fsp3) is 0.217. The molecule has 3 aromatic rings. The normalized spacial score (nSPS) is 15.8. The van der Waals surface area contributed by atoms with Gasteiger partial charge in [0.2, 0.25) is 11.8 Å². The third-order valence-electron chi connectivity index (χ3n) is 5.23. The molecule has 7 nitrogen and oxygen atoms in total. The average Bonchev–Trinajstić information content (AvgIpc) is 3.15. The largest absolute Gasteiger partial charge is 0.421 e. The van der Waals surface area contributed by atoms with E-state index < -0.39 is 11.7 Å². The second-order valence-corrected chi connectivity index (χ2v) is 7.45. The monoisotopic (exact) mass is 420 g/mol. The fourth-order valence-electron chi connectivity index (χ4n) is 3.33. The number of nitrogens with one attached hydrogen (secondary N) is 1. The van der Waals surface area contributed by atoms with Gasteiger partial charge in [0.1, 0.15) is 0 Å². The Balaban J connectivity index is 1.38. The number of carbonyl (C=O) groups excluding carboxylic acids is 2. The topological polar surface area (TPSA) is 84.4 Å². The molecule has 4 rings (SSSR count). The number of rotatable bonds is 5. The number of carbonyl (C=O) groups is 2. The maximum absolute atomic E-state index is 13.7. The number of para-hydroxylation sites is 1. The maximum Gasteiger partial charge on any atom is 0.322 e. The van der Waals surface area contributed by atoms with Gasteiger partial charge in [0.15, 0.2) is 11.6 Å². The van der Waals surface area contributed by atoms with Crippen LogP contribution >= 0.6 is 0 Å². The Labute approximate surface area is 178 Å². The van der Waals surface area contributed by atoms with Gasteiger partial charge in [-0.2, -0.15) is 0 Å². The van der Waals surface area contributed by atoms with E-state index in [0.29, 0.717) is 12.2 Å². The first kappa shape index (κ1) is 20.5. The lowest BCUT2D eigenvalue weighted by Gasteiger charge is -2.18. The van der Waals surface area contributed by atoms with Crippen LogP contribution in [0.2, 0.25) is 0 Å². The van der Waals surface area contributed by atoms with Crippen molar-refractivity contribution in [3.8, 4) is 11.8 Å². The van der Waals surface area contributed by atoms with Crippen molar-refractivity contribution in [2.75, 3.05) is 16.8 Å². The van der Waals surface area contributed by atoms with E-state index in [9.17, 15) is 14.0 Å². The quantitative estimate of drug-likeness (QED) is 0.674. The van der Waals surface area contributed by atoms with Gasteiger partial charge in [-0.3, -0.25) is 9.59 Å². The Morgan fingerprint density at radius 3 is 2.58 bits per heavy atom. The number of aromatic nitrogens is 2. The first-order valence-electron chi connectivity index (χ1n) is 9.83. The summed E-state index contributed by atoms with van der Waals surface area (Å²) in [6.07, 6.45) is 2.88. The molecule has 1 aliphatic rings. The van der Waals surface area contributed by atoms with E-state index in [2.05, 4.69) is 15.3 Å². The highest BCUT2D eigenvalue weighted by atomic mass is 19.1. The van der Waals surface area contributed by atoms with Gasteiger partial charge < -0.3 is 15.0 Å². The van der Waals surface area contributed by atoms with Gasteiger partial charge in [-0.15, -0.1) is 0 Å². The SMILES string of the molecule is Cc1ccc(N2CC(C(=O)Nc3cnc(Oc4ccccc4F)nc3)CC2=O)cc1C. The molecule has 1 unspecified atom stereocenters. The van der Waals surface area contributed by atoms with Crippen LogP contribution in [-0.2, 0) is 9.59 Å². The molecule has 1 aliphatic heterocycles. The summed E-state index contributed by atoms with van der Waals surface area (Å²) in [6, 6.07) is 11.7. The van der Waals surface area contributed by atoms with Crippen molar-refractivity contribution in [1.29, 1.82) is 0 Å². The number of ether oxygens (including phenoxy) is 1. The first-order valence-corrected chi connectivity index (χ1v) is 9.83. The summed E-state index contributed by atoms with van der Waals surface area (Å²) in [7, 11) is 0. The van der Waals surface area contributed by atoms with E-state index in [1.54, 1.807) is 17.0 Å². The van der Waals surface area contributed by atoms with Crippen molar-refractivity contribution in [2.45, 2.75) is 20.3 Å². The maximum atomic E-state index is 13.7. The molecule has 2 heterocycles. The number of halogens is 1. The molecule has 158 valence electrons. The summed E-state index contributed by atoms with van der Waals surface area (Å²) in [5.74, 6) is -1.37. The minimum Gasteiger partial charge on any atom is -0.421 e. The molecule has 31 heavy (non-hydrogen) atoms. The molecular weight excluding hydrogens is 399 g/mol. The summed E-state index contributed by atoms with van der Waals surface area (Å²) in [5, 5.41) is 2.73.